The molecule has 7 nitrogen and oxygen atoms in total. The van der Waals surface area contributed by atoms with Crippen LogP contribution in [-0.2, 0) is 16.4 Å². The molecule has 0 spiro atoms. The molecule has 0 bridgehead atoms. The highest BCUT2D eigenvalue weighted by Crippen LogP contribution is 2.30. The van der Waals surface area contributed by atoms with E-state index in [9.17, 15) is 13.2 Å². The first-order chi connectivity index (χ1) is 15.0. The van der Waals surface area contributed by atoms with E-state index in [0.29, 0.717) is 44.8 Å². The molecule has 2 aromatic carbocycles. The summed E-state index contributed by atoms with van der Waals surface area (Å²) in [5.41, 5.74) is 1.38. The molecule has 0 radical (unpaired) electrons. The van der Waals surface area contributed by atoms with Crippen LogP contribution >= 0.6 is 0 Å². The molecule has 166 valence electrons. The van der Waals surface area contributed by atoms with E-state index in [2.05, 4.69) is 5.32 Å². The smallest absolute Gasteiger partial charge is 0.251 e. The average molecular weight is 445 g/mol. The number of hydrogen-bond acceptors (Lipinski definition) is 5. The molecule has 4 rings (SSSR count). The Balaban J connectivity index is 1.38. The third-order valence-corrected chi connectivity index (χ3v) is 7.50. The minimum Gasteiger partial charge on any atom is -0.486 e. The van der Waals surface area contributed by atoms with Gasteiger partial charge in [-0.05, 0) is 55.2 Å². The minimum atomic E-state index is -3.59. The lowest BCUT2D eigenvalue weighted by Gasteiger charge is -2.20. The van der Waals surface area contributed by atoms with Crippen LogP contribution in [0.5, 0.6) is 11.5 Å². The predicted molar refractivity (Wildman–Crippen MR) is 117 cm³/mol. The highest BCUT2D eigenvalue weighted by Gasteiger charge is 2.25. The molecule has 1 fully saturated rings. The minimum absolute atomic E-state index is 0.175. The number of rotatable bonds is 6. The maximum Gasteiger partial charge on any atom is 0.251 e. The number of carbonyl (C=O) groups excluding carboxylic acids is 1. The van der Waals surface area contributed by atoms with Crippen LogP contribution in [0.4, 0.5) is 0 Å². The summed E-state index contributed by atoms with van der Waals surface area (Å²) in [6, 6.07) is 12.1. The third-order valence-electron chi connectivity index (χ3n) is 5.60. The number of amides is 1. The second-order valence-electron chi connectivity index (χ2n) is 7.83. The highest BCUT2D eigenvalue weighted by molar-refractivity contribution is 7.89. The van der Waals surface area contributed by atoms with E-state index < -0.39 is 10.0 Å². The van der Waals surface area contributed by atoms with Gasteiger partial charge in [0.05, 0.1) is 4.90 Å². The monoisotopic (exact) mass is 444 g/mol. The molecular weight excluding hydrogens is 416 g/mol. The van der Waals surface area contributed by atoms with E-state index in [1.54, 1.807) is 22.5 Å². The molecule has 2 aliphatic heterocycles. The van der Waals surface area contributed by atoms with Crippen LogP contribution in [0.1, 0.15) is 41.6 Å². The molecule has 1 amide bonds. The van der Waals surface area contributed by atoms with Gasteiger partial charge >= 0.3 is 0 Å². The van der Waals surface area contributed by atoms with Gasteiger partial charge in [0.2, 0.25) is 10.0 Å². The number of sulfonamides is 1. The largest absolute Gasteiger partial charge is 0.486 e. The Hall–Kier alpha value is -2.58. The Kier molecular flexibility index (Phi) is 6.77. The third kappa shape index (κ3) is 5.19. The summed E-state index contributed by atoms with van der Waals surface area (Å²) >= 11 is 0. The van der Waals surface area contributed by atoms with E-state index in [1.807, 2.05) is 18.2 Å². The Labute approximate surface area is 183 Å². The van der Waals surface area contributed by atoms with Crippen molar-refractivity contribution in [2.45, 2.75) is 37.0 Å². The fourth-order valence-electron chi connectivity index (χ4n) is 3.89. The van der Waals surface area contributed by atoms with Crippen LogP contribution in [0.15, 0.2) is 47.4 Å². The first-order valence-corrected chi connectivity index (χ1v) is 12.2. The summed E-state index contributed by atoms with van der Waals surface area (Å²) < 4.78 is 38.7. The highest BCUT2D eigenvalue weighted by atomic mass is 32.2. The van der Waals surface area contributed by atoms with E-state index in [1.165, 1.54) is 6.07 Å². The normalized spacial score (nSPS) is 17.0. The second kappa shape index (κ2) is 9.70. The van der Waals surface area contributed by atoms with E-state index in [0.717, 1.165) is 42.7 Å². The lowest BCUT2D eigenvalue weighted by atomic mass is 10.1. The Morgan fingerprint density at radius 1 is 0.935 bits per heavy atom. The van der Waals surface area contributed by atoms with Gasteiger partial charge < -0.3 is 14.8 Å². The SMILES string of the molecule is O=C(NCCc1ccc2c(c1)OCCO2)c1cccc(S(=O)(=O)N2CCCCCC2)c1. The van der Waals surface area contributed by atoms with Crippen LogP contribution in [-0.4, -0.2) is 51.5 Å². The zero-order chi connectivity index (χ0) is 21.7. The zero-order valence-corrected chi connectivity index (χ0v) is 18.3. The van der Waals surface area contributed by atoms with Gasteiger partial charge in [-0.3, -0.25) is 4.79 Å². The van der Waals surface area contributed by atoms with E-state index >= 15 is 0 Å². The standard InChI is InChI=1S/C23H28N2O5S/c26-23(24-11-10-18-8-9-21-22(16-18)30-15-14-29-21)19-6-5-7-20(17-19)31(27,28)25-12-3-1-2-4-13-25/h5-9,16-17H,1-4,10-15H2,(H,24,26). The number of fused-ring (bicyclic) bond motifs is 1. The van der Waals surface area contributed by atoms with Crippen molar-refractivity contribution in [3.8, 4) is 11.5 Å². The van der Waals surface area contributed by atoms with Crippen molar-refractivity contribution in [2.75, 3.05) is 32.8 Å². The lowest BCUT2D eigenvalue weighted by molar-refractivity contribution is 0.0954. The van der Waals surface area contributed by atoms with Crippen molar-refractivity contribution in [3.63, 3.8) is 0 Å². The van der Waals surface area contributed by atoms with Crippen LogP contribution in [0.3, 0.4) is 0 Å². The summed E-state index contributed by atoms with van der Waals surface area (Å²) in [6.45, 7) is 2.59. The van der Waals surface area contributed by atoms with Crippen LogP contribution in [0.2, 0.25) is 0 Å². The number of carbonyl (C=O) groups is 1. The van der Waals surface area contributed by atoms with Gasteiger partial charge in [0.15, 0.2) is 11.5 Å². The van der Waals surface area contributed by atoms with Gasteiger partial charge in [0.25, 0.3) is 5.91 Å². The van der Waals surface area contributed by atoms with Gasteiger partial charge in [-0.25, -0.2) is 8.42 Å². The van der Waals surface area contributed by atoms with Gasteiger partial charge in [-0.1, -0.05) is 25.0 Å². The summed E-state index contributed by atoms with van der Waals surface area (Å²) in [4.78, 5) is 12.8. The summed E-state index contributed by atoms with van der Waals surface area (Å²) in [5, 5.41) is 2.88. The average Bonchev–Trinajstić information content (AvgIpc) is 3.09. The molecule has 1 saturated heterocycles. The zero-order valence-electron chi connectivity index (χ0n) is 17.5. The lowest BCUT2D eigenvalue weighted by Crippen LogP contribution is -2.32. The number of nitrogens with zero attached hydrogens (tertiary/aromatic N) is 1. The molecule has 0 aliphatic carbocycles. The van der Waals surface area contributed by atoms with Gasteiger partial charge in [-0.15, -0.1) is 0 Å². The molecule has 8 heteroatoms. The van der Waals surface area contributed by atoms with E-state index in [4.69, 9.17) is 9.47 Å². The molecule has 2 heterocycles. The van der Waals surface area contributed by atoms with Crippen LogP contribution < -0.4 is 14.8 Å². The number of hydrogen-bond donors (Lipinski definition) is 1. The van der Waals surface area contributed by atoms with Crippen molar-refractivity contribution in [1.29, 1.82) is 0 Å². The maximum absolute atomic E-state index is 13.0. The Bertz CT molecular complexity index is 1030. The Morgan fingerprint density at radius 3 is 2.45 bits per heavy atom. The van der Waals surface area contributed by atoms with Crippen molar-refractivity contribution < 1.29 is 22.7 Å². The molecular formula is C23H28N2O5S. The van der Waals surface area contributed by atoms with E-state index in [-0.39, 0.29) is 10.8 Å². The Morgan fingerprint density at radius 2 is 1.68 bits per heavy atom. The molecule has 0 unspecified atom stereocenters. The fourth-order valence-corrected chi connectivity index (χ4v) is 5.46. The van der Waals surface area contributed by atoms with Crippen molar-refractivity contribution in [1.82, 2.24) is 9.62 Å². The molecule has 1 N–H and O–H groups in total. The van der Waals surface area contributed by atoms with Crippen LogP contribution in [0.25, 0.3) is 0 Å². The predicted octanol–water partition coefficient (Wildman–Crippen LogP) is 3.00. The first-order valence-electron chi connectivity index (χ1n) is 10.8. The molecule has 0 saturated carbocycles. The van der Waals surface area contributed by atoms with Gasteiger partial charge in [-0.2, -0.15) is 4.31 Å². The molecule has 0 atom stereocenters. The summed E-state index contributed by atoms with van der Waals surface area (Å²) in [6.07, 6.45) is 4.49. The first kappa shape index (κ1) is 21.6. The van der Waals surface area contributed by atoms with Crippen molar-refractivity contribution >= 4 is 15.9 Å². The summed E-state index contributed by atoms with van der Waals surface area (Å²) in [5.74, 6) is 1.17. The molecule has 2 aliphatic rings. The molecule has 31 heavy (non-hydrogen) atoms. The fraction of sp³-hybridized carbons (Fsp3) is 0.435. The molecule has 2 aromatic rings. The molecule has 0 aromatic heterocycles. The number of ether oxygens (including phenoxy) is 2. The second-order valence-corrected chi connectivity index (χ2v) is 9.77. The number of nitrogens with one attached hydrogen (secondary N) is 1. The maximum atomic E-state index is 13.0. The summed E-state index contributed by atoms with van der Waals surface area (Å²) in [7, 11) is -3.59. The van der Waals surface area contributed by atoms with Crippen molar-refractivity contribution in [2.24, 2.45) is 0 Å². The topological polar surface area (TPSA) is 84.9 Å². The van der Waals surface area contributed by atoms with Crippen molar-refractivity contribution in [3.05, 3.63) is 53.6 Å². The van der Waals surface area contributed by atoms with Gasteiger partial charge in [0, 0.05) is 25.2 Å². The quantitative estimate of drug-likeness (QED) is 0.740. The number of benzene rings is 2. The van der Waals surface area contributed by atoms with Crippen LogP contribution in [0, 0.1) is 0 Å². The van der Waals surface area contributed by atoms with Gasteiger partial charge in [0.1, 0.15) is 13.2 Å².